The van der Waals surface area contributed by atoms with Gasteiger partial charge >= 0.3 is 0 Å². The second kappa shape index (κ2) is 6.67. The molecular weight excluding hydrogens is 318 g/mol. The smallest absolute Gasteiger partial charge is 0.228 e. The number of nitrogens with zero attached hydrogens (tertiary/aromatic N) is 2. The fourth-order valence-corrected chi connectivity index (χ4v) is 4.34. The highest BCUT2D eigenvalue weighted by atomic mass is 16.5. The summed E-state index contributed by atoms with van der Waals surface area (Å²) in [6, 6.07) is 7.73. The number of fused-ring (bicyclic) bond motifs is 1. The Morgan fingerprint density at radius 1 is 1.16 bits per heavy atom. The van der Waals surface area contributed by atoms with E-state index in [0.29, 0.717) is 31.3 Å². The summed E-state index contributed by atoms with van der Waals surface area (Å²) < 4.78 is 5.16. The molecule has 4 rings (SSSR count). The summed E-state index contributed by atoms with van der Waals surface area (Å²) in [4.78, 5) is 29.0. The fourth-order valence-electron chi connectivity index (χ4n) is 4.34. The van der Waals surface area contributed by atoms with Crippen molar-refractivity contribution in [1.82, 2.24) is 15.1 Å². The maximum absolute atomic E-state index is 12.8. The number of likely N-dealkylation sites (tertiary alicyclic amines) is 2. The van der Waals surface area contributed by atoms with Crippen LogP contribution < -0.4 is 10.1 Å². The standard InChI is InChI=1S/C19H25N3O3/c1-25-17-4-2-13(3-5-17)9-21-10-14(6-18(21)23)19(24)22-11-15-7-20-8-16(15)12-22/h2-5,14-16,20H,6-12H2,1H3/t14?,15-,16+. The third-order valence-corrected chi connectivity index (χ3v) is 5.80. The number of amides is 2. The van der Waals surface area contributed by atoms with Gasteiger partial charge in [-0.25, -0.2) is 0 Å². The van der Waals surface area contributed by atoms with Crippen LogP contribution in [0, 0.1) is 17.8 Å². The first-order valence-electron chi connectivity index (χ1n) is 9.04. The quantitative estimate of drug-likeness (QED) is 0.875. The van der Waals surface area contributed by atoms with Crippen molar-refractivity contribution in [3.05, 3.63) is 29.8 Å². The normalized spacial score (nSPS) is 28.5. The summed E-state index contributed by atoms with van der Waals surface area (Å²) in [5.74, 6) is 2.05. The van der Waals surface area contributed by atoms with Gasteiger partial charge in [0.15, 0.2) is 0 Å². The topological polar surface area (TPSA) is 61.9 Å². The first kappa shape index (κ1) is 16.4. The van der Waals surface area contributed by atoms with E-state index in [2.05, 4.69) is 5.32 Å². The highest BCUT2D eigenvalue weighted by molar-refractivity contribution is 5.89. The van der Waals surface area contributed by atoms with E-state index in [1.165, 1.54) is 0 Å². The van der Waals surface area contributed by atoms with Crippen LogP contribution in [0.5, 0.6) is 5.75 Å². The summed E-state index contributed by atoms with van der Waals surface area (Å²) in [5, 5.41) is 3.39. The van der Waals surface area contributed by atoms with E-state index in [4.69, 9.17) is 4.74 Å². The molecule has 0 saturated carbocycles. The molecular formula is C19H25N3O3. The molecule has 0 aromatic heterocycles. The second-order valence-electron chi connectivity index (χ2n) is 7.45. The maximum atomic E-state index is 12.8. The number of nitrogens with one attached hydrogen (secondary N) is 1. The molecule has 3 saturated heterocycles. The number of carbonyl (C=O) groups excluding carboxylic acids is 2. The van der Waals surface area contributed by atoms with Gasteiger partial charge in [0.05, 0.1) is 13.0 Å². The zero-order valence-corrected chi connectivity index (χ0v) is 14.6. The van der Waals surface area contributed by atoms with E-state index in [0.717, 1.165) is 37.5 Å². The third-order valence-electron chi connectivity index (χ3n) is 5.80. The molecule has 3 fully saturated rings. The summed E-state index contributed by atoms with van der Waals surface area (Å²) >= 11 is 0. The Hall–Kier alpha value is -2.08. The van der Waals surface area contributed by atoms with Gasteiger partial charge in [-0.15, -0.1) is 0 Å². The predicted octanol–water partition coefficient (Wildman–Crippen LogP) is 0.722. The van der Waals surface area contributed by atoms with Crippen molar-refractivity contribution in [2.45, 2.75) is 13.0 Å². The minimum atomic E-state index is -0.183. The van der Waals surface area contributed by atoms with Crippen molar-refractivity contribution in [2.24, 2.45) is 17.8 Å². The predicted molar refractivity (Wildman–Crippen MR) is 92.9 cm³/mol. The van der Waals surface area contributed by atoms with Crippen LogP contribution >= 0.6 is 0 Å². The summed E-state index contributed by atoms with van der Waals surface area (Å²) in [7, 11) is 1.64. The average Bonchev–Trinajstić information content (AvgIpc) is 3.30. The molecule has 0 bridgehead atoms. The molecule has 2 amide bonds. The molecule has 0 radical (unpaired) electrons. The number of carbonyl (C=O) groups is 2. The van der Waals surface area contributed by atoms with Crippen LogP contribution in [-0.2, 0) is 16.1 Å². The number of hydrogen-bond donors (Lipinski definition) is 1. The van der Waals surface area contributed by atoms with E-state index in [1.807, 2.05) is 34.1 Å². The second-order valence-corrected chi connectivity index (χ2v) is 7.45. The molecule has 3 atom stereocenters. The van der Waals surface area contributed by atoms with Crippen molar-refractivity contribution in [2.75, 3.05) is 39.8 Å². The van der Waals surface area contributed by atoms with E-state index >= 15 is 0 Å². The van der Waals surface area contributed by atoms with Gasteiger partial charge in [0.1, 0.15) is 5.75 Å². The highest BCUT2D eigenvalue weighted by Gasteiger charge is 2.42. The van der Waals surface area contributed by atoms with E-state index < -0.39 is 0 Å². The largest absolute Gasteiger partial charge is 0.497 e. The molecule has 3 aliphatic heterocycles. The molecule has 1 aromatic carbocycles. The van der Waals surface area contributed by atoms with E-state index in [9.17, 15) is 9.59 Å². The van der Waals surface area contributed by atoms with Gasteiger partial charge < -0.3 is 19.9 Å². The summed E-state index contributed by atoms with van der Waals surface area (Å²) in [6.45, 7) is 4.82. The van der Waals surface area contributed by atoms with Crippen molar-refractivity contribution in [1.29, 1.82) is 0 Å². The number of methoxy groups -OCH3 is 1. The molecule has 25 heavy (non-hydrogen) atoms. The molecule has 6 heteroatoms. The van der Waals surface area contributed by atoms with Gasteiger partial charge in [0.2, 0.25) is 11.8 Å². The Labute approximate surface area is 148 Å². The molecule has 134 valence electrons. The first-order valence-corrected chi connectivity index (χ1v) is 9.04. The van der Waals surface area contributed by atoms with Crippen LogP contribution in [0.1, 0.15) is 12.0 Å². The molecule has 3 aliphatic rings. The summed E-state index contributed by atoms with van der Waals surface area (Å²) in [6.07, 6.45) is 0.346. The van der Waals surface area contributed by atoms with Gasteiger partial charge in [-0.05, 0) is 29.5 Å². The molecule has 0 spiro atoms. The molecule has 6 nitrogen and oxygen atoms in total. The fraction of sp³-hybridized carbons (Fsp3) is 0.579. The van der Waals surface area contributed by atoms with E-state index in [-0.39, 0.29) is 17.7 Å². The number of benzene rings is 1. The number of ether oxygens (including phenoxy) is 1. The van der Waals surface area contributed by atoms with Crippen molar-refractivity contribution < 1.29 is 14.3 Å². The lowest BCUT2D eigenvalue weighted by Crippen LogP contribution is -2.37. The van der Waals surface area contributed by atoms with Crippen LogP contribution in [0.15, 0.2) is 24.3 Å². The monoisotopic (exact) mass is 343 g/mol. The Morgan fingerprint density at radius 3 is 2.48 bits per heavy atom. The lowest BCUT2D eigenvalue weighted by molar-refractivity contribution is -0.135. The highest BCUT2D eigenvalue weighted by Crippen LogP contribution is 2.30. The Bertz CT molecular complexity index is 648. The molecule has 1 N–H and O–H groups in total. The Balaban J connectivity index is 1.35. The van der Waals surface area contributed by atoms with Crippen LogP contribution in [0.4, 0.5) is 0 Å². The number of hydrogen-bond acceptors (Lipinski definition) is 4. The van der Waals surface area contributed by atoms with Crippen LogP contribution in [0.3, 0.4) is 0 Å². The van der Waals surface area contributed by atoms with Crippen LogP contribution in [0.25, 0.3) is 0 Å². The minimum absolute atomic E-state index is 0.0789. The van der Waals surface area contributed by atoms with Crippen LogP contribution in [-0.4, -0.2) is 61.4 Å². The van der Waals surface area contributed by atoms with Crippen molar-refractivity contribution in [3.8, 4) is 5.75 Å². The zero-order valence-electron chi connectivity index (χ0n) is 14.6. The van der Waals surface area contributed by atoms with Crippen molar-refractivity contribution >= 4 is 11.8 Å². The first-order chi connectivity index (χ1) is 12.1. The van der Waals surface area contributed by atoms with E-state index in [1.54, 1.807) is 7.11 Å². The summed E-state index contributed by atoms with van der Waals surface area (Å²) in [5.41, 5.74) is 1.06. The third kappa shape index (κ3) is 3.23. The minimum Gasteiger partial charge on any atom is -0.497 e. The lowest BCUT2D eigenvalue weighted by Gasteiger charge is -2.22. The average molecular weight is 343 g/mol. The molecule has 1 aromatic rings. The lowest BCUT2D eigenvalue weighted by atomic mass is 10.0. The van der Waals surface area contributed by atoms with Gasteiger partial charge in [-0.1, -0.05) is 12.1 Å². The SMILES string of the molecule is COc1ccc(CN2CC(C(=O)N3C[C@H]4CNC[C@H]4C3)CC2=O)cc1. The van der Waals surface area contributed by atoms with Gasteiger partial charge in [-0.2, -0.15) is 0 Å². The van der Waals surface area contributed by atoms with Gasteiger partial charge in [0, 0.05) is 45.7 Å². The molecule has 1 unspecified atom stereocenters. The van der Waals surface area contributed by atoms with Gasteiger partial charge in [-0.3, -0.25) is 9.59 Å². The Kier molecular flexibility index (Phi) is 4.37. The maximum Gasteiger partial charge on any atom is 0.228 e. The number of rotatable bonds is 4. The zero-order chi connectivity index (χ0) is 17.4. The van der Waals surface area contributed by atoms with Crippen LogP contribution in [0.2, 0.25) is 0 Å². The molecule has 0 aliphatic carbocycles. The van der Waals surface area contributed by atoms with Gasteiger partial charge in [0.25, 0.3) is 0 Å². The Morgan fingerprint density at radius 2 is 1.84 bits per heavy atom. The molecule has 3 heterocycles. The van der Waals surface area contributed by atoms with Crippen molar-refractivity contribution in [3.63, 3.8) is 0 Å².